The Bertz CT molecular complexity index is 1460. The highest BCUT2D eigenvalue weighted by atomic mass is 19.1. The van der Waals surface area contributed by atoms with Gasteiger partial charge in [0.2, 0.25) is 5.91 Å². The molecule has 2 aromatic heterocycles. The highest BCUT2D eigenvalue weighted by Gasteiger charge is 2.24. The number of amides is 1. The standard InChI is InChI=1S/C28H26FN7O/c1-20-32-33-34-36(20)27(16-21-8-12-25(29)13-9-21)28(37)31-17-24-4-2-3-5-26(24)23-10-6-22(7-11-23)18-35-15-14-30-19-35/h2-15,19,27H,16-18H2,1H3,(H,31,37). The summed E-state index contributed by atoms with van der Waals surface area (Å²) in [5, 5.41) is 14.7. The molecule has 0 aliphatic heterocycles. The van der Waals surface area contributed by atoms with Crippen molar-refractivity contribution in [1.29, 1.82) is 0 Å². The number of benzene rings is 3. The van der Waals surface area contributed by atoms with Crippen LogP contribution in [0.1, 0.15) is 28.6 Å². The zero-order chi connectivity index (χ0) is 25.6. The minimum Gasteiger partial charge on any atom is -0.350 e. The van der Waals surface area contributed by atoms with Crippen molar-refractivity contribution in [2.45, 2.75) is 32.5 Å². The molecule has 1 amide bonds. The van der Waals surface area contributed by atoms with E-state index in [0.717, 1.165) is 28.8 Å². The molecule has 3 aromatic carbocycles. The molecule has 5 rings (SSSR count). The van der Waals surface area contributed by atoms with Crippen molar-refractivity contribution in [3.05, 3.63) is 120 Å². The van der Waals surface area contributed by atoms with Gasteiger partial charge in [0.05, 0.1) is 6.33 Å². The van der Waals surface area contributed by atoms with Crippen LogP contribution in [-0.2, 0) is 24.3 Å². The lowest BCUT2D eigenvalue weighted by atomic mass is 9.98. The number of hydrogen-bond acceptors (Lipinski definition) is 5. The third-order valence-electron chi connectivity index (χ3n) is 6.26. The summed E-state index contributed by atoms with van der Waals surface area (Å²) in [4.78, 5) is 17.5. The minimum atomic E-state index is -0.671. The topological polar surface area (TPSA) is 90.5 Å². The van der Waals surface area contributed by atoms with E-state index < -0.39 is 6.04 Å². The molecule has 0 bridgehead atoms. The molecule has 0 saturated heterocycles. The van der Waals surface area contributed by atoms with Gasteiger partial charge in [0.25, 0.3) is 0 Å². The molecule has 37 heavy (non-hydrogen) atoms. The summed E-state index contributed by atoms with van der Waals surface area (Å²) in [5.74, 6) is -0.0154. The number of aromatic nitrogens is 6. The van der Waals surface area contributed by atoms with Crippen molar-refractivity contribution in [3.8, 4) is 11.1 Å². The van der Waals surface area contributed by atoms with E-state index in [1.54, 1.807) is 31.6 Å². The second-order valence-corrected chi connectivity index (χ2v) is 8.82. The van der Waals surface area contributed by atoms with E-state index in [9.17, 15) is 9.18 Å². The van der Waals surface area contributed by atoms with Crippen LogP contribution in [-0.4, -0.2) is 35.7 Å². The van der Waals surface area contributed by atoms with Crippen molar-refractivity contribution in [3.63, 3.8) is 0 Å². The summed E-state index contributed by atoms with van der Waals surface area (Å²) in [6, 6.07) is 21.8. The zero-order valence-electron chi connectivity index (χ0n) is 20.3. The first-order chi connectivity index (χ1) is 18.1. The predicted molar refractivity (Wildman–Crippen MR) is 137 cm³/mol. The molecular weight excluding hydrogens is 469 g/mol. The average molecular weight is 496 g/mol. The van der Waals surface area contributed by atoms with Gasteiger partial charge in [-0.15, -0.1) is 5.10 Å². The van der Waals surface area contributed by atoms with E-state index in [4.69, 9.17) is 0 Å². The van der Waals surface area contributed by atoms with E-state index in [1.165, 1.54) is 22.4 Å². The fraction of sp³-hybridized carbons (Fsp3) is 0.179. The summed E-state index contributed by atoms with van der Waals surface area (Å²) in [5.41, 5.74) is 5.09. The highest BCUT2D eigenvalue weighted by Crippen LogP contribution is 2.25. The second kappa shape index (κ2) is 10.9. The van der Waals surface area contributed by atoms with Crippen molar-refractivity contribution in [2.24, 2.45) is 0 Å². The van der Waals surface area contributed by atoms with Crippen LogP contribution in [0.15, 0.2) is 91.5 Å². The van der Waals surface area contributed by atoms with Gasteiger partial charge in [0, 0.05) is 31.9 Å². The van der Waals surface area contributed by atoms with Crippen LogP contribution in [0.25, 0.3) is 11.1 Å². The molecule has 186 valence electrons. The number of aryl methyl sites for hydroxylation is 1. The Labute approximate surface area is 213 Å². The SMILES string of the molecule is Cc1nnnn1C(Cc1ccc(F)cc1)C(=O)NCc1ccccc1-c1ccc(Cn2ccnc2)cc1. The van der Waals surface area contributed by atoms with Gasteiger partial charge in [-0.3, -0.25) is 4.79 Å². The van der Waals surface area contributed by atoms with Crippen LogP contribution < -0.4 is 5.32 Å². The largest absolute Gasteiger partial charge is 0.350 e. The number of imidazole rings is 1. The normalized spacial score (nSPS) is 11.8. The van der Waals surface area contributed by atoms with E-state index in [1.807, 2.05) is 35.0 Å². The van der Waals surface area contributed by atoms with Gasteiger partial charge in [-0.2, -0.15) is 0 Å². The van der Waals surface area contributed by atoms with Gasteiger partial charge in [-0.05, 0) is 57.3 Å². The van der Waals surface area contributed by atoms with E-state index in [-0.39, 0.29) is 11.7 Å². The van der Waals surface area contributed by atoms with Gasteiger partial charge in [0.15, 0.2) is 0 Å². The first-order valence-corrected chi connectivity index (χ1v) is 12.0. The third-order valence-corrected chi connectivity index (χ3v) is 6.26. The lowest BCUT2D eigenvalue weighted by Gasteiger charge is -2.18. The summed E-state index contributed by atoms with van der Waals surface area (Å²) < 4.78 is 16.9. The maximum Gasteiger partial charge on any atom is 0.245 e. The quantitative estimate of drug-likeness (QED) is 0.332. The maximum atomic E-state index is 13.4. The molecular formula is C28H26FN7O. The summed E-state index contributed by atoms with van der Waals surface area (Å²) in [6.45, 7) is 2.84. The maximum absolute atomic E-state index is 13.4. The Hall–Kier alpha value is -4.66. The zero-order valence-corrected chi connectivity index (χ0v) is 20.3. The molecule has 0 aliphatic carbocycles. The third kappa shape index (κ3) is 5.78. The highest BCUT2D eigenvalue weighted by molar-refractivity contribution is 5.81. The number of rotatable bonds is 9. The first-order valence-electron chi connectivity index (χ1n) is 12.0. The molecule has 1 N–H and O–H groups in total. The molecule has 5 aromatic rings. The van der Waals surface area contributed by atoms with Crippen molar-refractivity contribution in [2.75, 3.05) is 0 Å². The van der Waals surface area contributed by atoms with E-state index in [2.05, 4.69) is 50.1 Å². The Morgan fingerprint density at radius 1 is 1.00 bits per heavy atom. The number of carbonyl (C=O) groups is 1. The number of nitrogens with one attached hydrogen (secondary N) is 1. The monoisotopic (exact) mass is 495 g/mol. The van der Waals surface area contributed by atoms with Crippen LogP contribution in [0, 0.1) is 12.7 Å². The van der Waals surface area contributed by atoms with Crippen molar-refractivity contribution >= 4 is 5.91 Å². The fourth-order valence-corrected chi connectivity index (χ4v) is 4.30. The number of carbonyl (C=O) groups excluding carboxylic acids is 1. The number of nitrogens with zero attached hydrogens (tertiary/aromatic N) is 6. The van der Waals surface area contributed by atoms with Crippen LogP contribution in [0.3, 0.4) is 0 Å². The summed E-state index contributed by atoms with van der Waals surface area (Å²) >= 11 is 0. The van der Waals surface area contributed by atoms with Gasteiger partial charge >= 0.3 is 0 Å². The van der Waals surface area contributed by atoms with Crippen molar-refractivity contribution in [1.82, 2.24) is 35.1 Å². The number of halogens is 1. The molecule has 0 spiro atoms. The van der Waals surface area contributed by atoms with Gasteiger partial charge in [-0.25, -0.2) is 14.1 Å². The Balaban J connectivity index is 1.32. The molecule has 0 saturated carbocycles. The molecule has 8 nitrogen and oxygen atoms in total. The Morgan fingerprint density at radius 3 is 2.46 bits per heavy atom. The molecule has 0 aliphatic rings. The molecule has 2 heterocycles. The van der Waals surface area contributed by atoms with E-state index in [0.29, 0.717) is 18.8 Å². The smallest absolute Gasteiger partial charge is 0.245 e. The molecule has 9 heteroatoms. The predicted octanol–water partition coefficient (Wildman–Crippen LogP) is 4.13. The minimum absolute atomic E-state index is 0.217. The Morgan fingerprint density at radius 2 is 1.76 bits per heavy atom. The fourth-order valence-electron chi connectivity index (χ4n) is 4.30. The van der Waals surface area contributed by atoms with E-state index >= 15 is 0 Å². The lowest BCUT2D eigenvalue weighted by molar-refractivity contribution is -0.124. The van der Waals surface area contributed by atoms with Gasteiger partial charge in [0.1, 0.15) is 17.7 Å². The summed E-state index contributed by atoms with van der Waals surface area (Å²) in [6.07, 6.45) is 5.83. The van der Waals surface area contributed by atoms with Crippen LogP contribution >= 0.6 is 0 Å². The van der Waals surface area contributed by atoms with Crippen LogP contribution in [0.4, 0.5) is 4.39 Å². The van der Waals surface area contributed by atoms with Crippen LogP contribution in [0.2, 0.25) is 0 Å². The molecule has 0 radical (unpaired) electrons. The average Bonchev–Trinajstić information content (AvgIpc) is 3.59. The number of hydrogen-bond donors (Lipinski definition) is 1. The van der Waals surface area contributed by atoms with Gasteiger partial charge in [-0.1, -0.05) is 60.7 Å². The Kier molecular flexibility index (Phi) is 7.12. The molecule has 1 unspecified atom stereocenters. The number of tetrazole rings is 1. The molecule has 1 atom stereocenters. The first kappa shape index (κ1) is 24.1. The summed E-state index contributed by atoms with van der Waals surface area (Å²) in [7, 11) is 0. The lowest BCUT2D eigenvalue weighted by Crippen LogP contribution is -2.34. The van der Waals surface area contributed by atoms with Crippen LogP contribution in [0.5, 0.6) is 0 Å². The van der Waals surface area contributed by atoms with Crippen molar-refractivity contribution < 1.29 is 9.18 Å². The van der Waals surface area contributed by atoms with Gasteiger partial charge < -0.3 is 9.88 Å². The molecule has 0 fully saturated rings. The second-order valence-electron chi connectivity index (χ2n) is 8.82.